The SMILES string of the molecule is c1nc2c([nH]1)CN(c1nc(Nc3ccc(N4CCOCC4)cc3)nc3nc[nH]c13)CC2. The van der Waals surface area contributed by atoms with Crippen LogP contribution in [0.2, 0.25) is 0 Å². The molecule has 31 heavy (non-hydrogen) atoms. The van der Waals surface area contributed by atoms with E-state index in [9.17, 15) is 0 Å². The van der Waals surface area contributed by atoms with Crippen molar-refractivity contribution >= 4 is 34.3 Å². The van der Waals surface area contributed by atoms with Crippen LogP contribution in [0.5, 0.6) is 0 Å². The highest BCUT2D eigenvalue weighted by Crippen LogP contribution is 2.28. The summed E-state index contributed by atoms with van der Waals surface area (Å²) in [7, 11) is 0. The van der Waals surface area contributed by atoms with E-state index in [1.165, 1.54) is 5.69 Å². The zero-order valence-electron chi connectivity index (χ0n) is 17.0. The minimum Gasteiger partial charge on any atom is -0.378 e. The first kappa shape index (κ1) is 18.1. The number of benzene rings is 1. The summed E-state index contributed by atoms with van der Waals surface area (Å²) in [6.45, 7) is 4.96. The summed E-state index contributed by atoms with van der Waals surface area (Å²) in [4.78, 5) is 29.2. The molecule has 0 atom stereocenters. The van der Waals surface area contributed by atoms with Crippen LogP contribution in [0.3, 0.4) is 0 Å². The van der Waals surface area contributed by atoms with Crippen LogP contribution >= 0.6 is 0 Å². The number of anilines is 4. The maximum atomic E-state index is 5.44. The molecule has 6 rings (SSSR count). The first-order valence-corrected chi connectivity index (χ1v) is 10.5. The molecule has 4 aromatic rings. The molecule has 0 radical (unpaired) electrons. The van der Waals surface area contributed by atoms with Gasteiger partial charge in [-0.3, -0.25) is 0 Å². The molecule has 0 bridgehead atoms. The van der Waals surface area contributed by atoms with E-state index in [2.05, 4.69) is 64.3 Å². The Balaban J connectivity index is 1.27. The van der Waals surface area contributed by atoms with Crippen molar-refractivity contribution in [3.05, 3.63) is 48.3 Å². The molecule has 0 saturated carbocycles. The van der Waals surface area contributed by atoms with Crippen LogP contribution in [0, 0.1) is 0 Å². The van der Waals surface area contributed by atoms with E-state index >= 15 is 0 Å². The second kappa shape index (κ2) is 7.55. The number of nitrogens with zero attached hydrogens (tertiary/aromatic N) is 6. The van der Waals surface area contributed by atoms with Crippen LogP contribution < -0.4 is 15.1 Å². The van der Waals surface area contributed by atoms with Gasteiger partial charge in [-0.25, -0.2) is 9.97 Å². The standard InChI is InChI=1S/C21H23N9O/c1-3-15(29-7-9-31-10-8-29)4-2-14(1)26-21-27-19-18(24-13-25-19)20(28-21)30-6-5-16-17(11-30)23-12-22-16/h1-4,12-13H,5-11H2,(H,22,23)(H2,24,25,26,27,28). The third kappa shape index (κ3) is 3.44. The van der Waals surface area contributed by atoms with Gasteiger partial charge in [-0.1, -0.05) is 0 Å². The van der Waals surface area contributed by atoms with E-state index in [0.717, 1.165) is 74.2 Å². The van der Waals surface area contributed by atoms with E-state index in [-0.39, 0.29) is 0 Å². The molecule has 0 unspecified atom stereocenters. The van der Waals surface area contributed by atoms with Gasteiger partial charge in [0.25, 0.3) is 0 Å². The zero-order chi connectivity index (χ0) is 20.6. The molecular weight excluding hydrogens is 394 g/mol. The van der Waals surface area contributed by atoms with E-state index in [0.29, 0.717) is 11.6 Å². The number of hydrogen-bond donors (Lipinski definition) is 3. The van der Waals surface area contributed by atoms with Gasteiger partial charge in [-0.15, -0.1) is 0 Å². The van der Waals surface area contributed by atoms with Crippen molar-refractivity contribution < 1.29 is 4.74 Å². The largest absolute Gasteiger partial charge is 0.378 e. The van der Waals surface area contributed by atoms with Crippen LogP contribution in [-0.4, -0.2) is 62.8 Å². The lowest BCUT2D eigenvalue weighted by molar-refractivity contribution is 0.122. The van der Waals surface area contributed by atoms with Crippen molar-refractivity contribution in [2.75, 3.05) is 48.0 Å². The van der Waals surface area contributed by atoms with Crippen molar-refractivity contribution in [3.8, 4) is 0 Å². The van der Waals surface area contributed by atoms with Gasteiger partial charge in [-0.2, -0.15) is 9.97 Å². The normalized spacial score (nSPS) is 16.5. The molecule has 10 heteroatoms. The van der Waals surface area contributed by atoms with Gasteiger partial charge >= 0.3 is 0 Å². The summed E-state index contributed by atoms with van der Waals surface area (Å²) in [5, 5.41) is 3.34. The molecule has 10 nitrogen and oxygen atoms in total. The third-order valence-corrected chi connectivity index (χ3v) is 5.84. The molecule has 2 aliphatic rings. The molecular formula is C21H23N9O. The molecule has 2 aliphatic heterocycles. The minimum atomic E-state index is 0.532. The predicted molar refractivity (Wildman–Crippen MR) is 118 cm³/mol. The van der Waals surface area contributed by atoms with Crippen LogP contribution in [0.25, 0.3) is 11.2 Å². The van der Waals surface area contributed by atoms with Crippen LogP contribution in [0.1, 0.15) is 11.4 Å². The second-order valence-corrected chi connectivity index (χ2v) is 7.74. The number of morpholine rings is 1. The Bertz CT molecular complexity index is 1190. The molecule has 0 amide bonds. The van der Waals surface area contributed by atoms with Gasteiger partial charge in [0.15, 0.2) is 11.5 Å². The highest BCUT2D eigenvalue weighted by atomic mass is 16.5. The van der Waals surface area contributed by atoms with Crippen molar-refractivity contribution in [3.63, 3.8) is 0 Å². The average molecular weight is 417 g/mol. The Morgan fingerprint density at radius 1 is 0.903 bits per heavy atom. The molecule has 1 aromatic carbocycles. The molecule has 0 aliphatic carbocycles. The Kier molecular flexibility index (Phi) is 4.42. The lowest BCUT2D eigenvalue weighted by Gasteiger charge is -2.29. The van der Waals surface area contributed by atoms with Crippen molar-refractivity contribution in [1.82, 2.24) is 29.9 Å². The monoisotopic (exact) mass is 417 g/mol. The maximum absolute atomic E-state index is 5.44. The van der Waals surface area contributed by atoms with Crippen molar-refractivity contribution in [2.45, 2.75) is 13.0 Å². The highest BCUT2D eigenvalue weighted by Gasteiger charge is 2.23. The summed E-state index contributed by atoms with van der Waals surface area (Å²) in [6, 6.07) is 8.35. The Morgan fingerprint density at radius 2 is 1.74 bits per heavy atom. The minimum absolute atomic E-state index is 0.532. The maximum Gasteiger partial charge on any atom is 0.231 e. The van der Waals surface area contributed by atoms with E-state index < -0.39 is 0 Å². The second-order valence-electron chi connectivity index (χ2n) is 7.74. The molecule has 0 spiro atoms. The van der Waals surface area contributed by atoms with Gasteiger partial charge in [0.1, 0.15) is 5.52 Å². The molecule has 1 fully saturated rings. The molecule has 3 N–H and O–H groups in total. The summed E-state index contributed by atoms with van der Waals surface area (Å²) in [5.41, 5.74) is 5.88. The molecule has 3 aromatic heterocycles. The molecule has 5 heterocycles. The van der Waals surface area contributed by atoms with E-state index in [4.69, 9.17) is 9.72 Å². The first-order valence-electron chi connectivity index (χ1n) is 10.5. The number of aromatic nitrogens is 6. The lowest BCUT2D eigenvalue weighted by atomic mass is 10.1. The van der Waals surface area contributed by atoms with Crippen LogP contribution in [-0.2, 0) is 17.7 Å². The van der Waals surface area contributed by atoms with Gasteiger partial charge < -0.3 is 29.8 Å². The van der Waals surface area contributed by atoms with Crippen molar-refractivity contribution in [2.24, 2.45) is 0 Å². The van der Waals surface area contributed by atoms with Crippen molar-refractivity contribution in [1.29, 1.82) is 0 Å². The summed E-state index contributed by atoms with van der Waals surface area (Å²) >= 11 is 0. The smallest absolute Gasteiger partial charge is 0.231 e. The summed E-state index contributed by atoms with van der Waals surface area (Å²) in [6.07, 6.45) is 4.30. The lowest BCUT2D eigenvalue weighted by Crippen LogP contribution is -2.36. The van der Waals surface area contributed by atoms with Gasteiger partial charge in [-0.05, 0) is 24.3 Å². The number of rotatable bonds is 4. The number of imidazole rings is 2. The molecule has 158 valence electrons. The number of ether oxygens (including phenoxy) is 1. The number of hydrogen-bond acceptors (Lipinski definition) is 8. The Hall–Kier alpha value is -3.66. The number of fused-ring (bicyclic) bond motifs is 2. The predicted octanol–water partition coefficient (Wildman–Crippen LogP) is 2.22. The quantitative estimate of drug-likeness (QED) is 0.464. The van der Waals surface area contributed by atoms with E-state index in [1.54, 1.807) is 12.7 Å². The Morgan fingerprint density at radius 3 is 2.61 bits per heavy atom. The fraction of sp³-hybridized carbons (Fsp3) is 0.333. The molecule has 1 saturated heterocycles. The van der Waals surface area contributed by atoms with Gasteiger partial charge in [0.05, 0.1) is 43.8 Å². The number of aromatic amines is 2. The number of nitrogens with one attached hydrogen (secondary N) is 3. The van der Waals surface area contributed by atoms with E-state index in [1.807, 2.05) is 0 Å². The van der Waals surface area contributed by atoms with Crippen LogP contribution in [0.4, 0.5) is 23.1 Å². The number of H-pyrrole nitrogens is 2. The first-order chi connectivity index (χ1) is 15.3. The van der Waals surface area contributed by atoms with Gasteiger partial charge in [0.2, 0.25) is 5.95 Å². The Labute approximate surface area is 178 Å². The van der Waals surface area contributed by atoms with Crippen LogP contribution in [0.15, 0.2) is 36.9 Å². The topological polar surface area (TPSA) is 111 Å². The van der Waals surface area contributed by atoms with Gasteiger partial charge in [0, 0.05) is 37.4 Å². The zero-order valence-corrected chi connectivity index (χ0v) is 17.0. The summed E-state index contributed by atoms with van der Waals surface area (Å²) < 4.78 is 5.44. The highest BCUT2D eigenvalue weighted by molar-refractivity contribution is 5.85. The third-order valence-electron chi connectivity index (χ3n) is 5.84. The average Bonchev–Trinajstić information content (AvgIpc) is 3.48. The fourth-order valence-corrected chi connectivity index (χ4v) is 4.20. The summed E-state index contributed by atoms with van der Waals surface area (Å²) in [5.74, 6) is 1.37. The fourth-order valence-electron chi connectivity index (χ4n) is 4.20.